The Morgan fingerprint density at radius 2 is 1.79 bits per heavy atom. The summed E-state index contributed by atoms with van der Waals surface area (Å²) in [7, 11) is 0. The fourth-order valence-corrected chi connectivity index (χ4v) is 3.41. The van der Waals surface area contributed by atoms with Crippen LogP contribution in [0.4, 0.5) is 0 Å². The smallest absolute Gasteiger partial charge is 0.304 e. The summed E-state index contributed by atoms with van der Waals surface area (Å²) in [6.07, 6.45) is 4.71. The van der Waals surface area contributed by atoms with Crippen molar-refractivity contribution >= 4 is 5.97 Å². The van der Waals surface area contributed by atoms with Gasteiger partial charge in [-0.2, -0.15) is 0 Å². The number of hydrogen-bond acceptors (Lipinski definition) is 3. The number of rotatable bonds is 13. The number of ether oxygens (including phenoxy) is 1. The molecular formula is C25H35NO3. The Labute approximate surface area is 175 Å². The number of hydrogen-bond donors (Lipinski definition) is 2. The predicted octanol–water partition coefficient (Wildman–Crippen LogP) is 5.30. The summed E-state index contributed by atoms with van der Waals surface area (Å²) in [5, 5.41) is 11.8. The lowest BCUT2D eigenvalue weighted by Gasteiger charge is -2.16. The van der Waals surface area contributed by atoms with Gasteiger partial charge in [0, 0.05) is 13.1 Å². The number of benzene rings is 2. The Morgan fingerprint density at radius 1 is 1.07 bits per heavy atom. The predicted molar refractivity (Wildman–Crippen MR) is 119 cm³/mol. The molecule has 29 heavy (non-hydrogen) atoms. The second-order valence-electron chi connectivity index (χ2n) is 7.85. The molecule has 0 fully saturated rings. The molecule has 0 saturated heterocycles. The van der Waals surface area contributed by atoms with Crippen molar-refractivity contribution in [3.8, 4) is 5.75 Å². The maximum Gasteiger partial charge on any atom is 0.304 e. The highest BCUT2D eigenvalue weighted by Gasteiger charge is 2.08. The maximum atomic E-state index is 10.5. The fourth-order valence-electron chi connectivity index (χ4n) is 3.41. The summed E-state index contributed by atoms with van der Waals surface area (Å²) in [4.78, 5) is 10.5. The number of aliphatic carboxylic acids is 1. The van der Waals surface area contributed by atoms with Crippen molar-refractivity contribution in [3.63, 3.8) is 0 Å². The van der Waals surface area contributed by atoms with Gasteiger partial charge in [0.05, 0.1) is 13.0 Å². The zero-order chi connectivity index (χ0) is 21.1. The molecule has 1 atom stereocenters. The zero-order valence-electron chi connectivity index (χ0n) is 18.0. The molecule has 0 amide bonds. The zero-order valence-corrected chi connectivity index (χ0v) is 18.0. The third kappa shape index (κ3) is 8.70. The topological polar surface area (TPSA) is 58.6 Å². The van der Waals surface area contributed by atoms with E-state index in [1.54, 1.807) is 0 Å². The molecule has 4 heteroatoms. The monoisotopic (exact) mass is 397 g/mol. The van der Waals surface area contributed by atoms with Crippen LogP contribution in [0.25, 0.3) is 0 Å². The highest BCUT2D eigenvalue weighted by molar-refractivity contribution is 5.66. The van der Waals surface area contributed by atoms with Gasteiger partial charge in [0.2, 0.25) is 0 Å². The van der Waals surface area contributed by atoms with E-state index in [0.29, 0.717) is 19.0 Å². The van der Waals surface area contributed by atoms with Crippen LogP contribution in [0.1, 0.15) is 54.9 Å². The molecule has 158 valence electrons. The van der Waals surface area contributed by atoms with E-state index < -0.39 is 5.97 Å². The van der Waals surface area contributed by atoms with Gasteiger partial charge in [0.1, 0.15) is 5.75 Å². The van der Waals surface area contributed by atoms with Crippen molar-refractivity contribution in [1.29, 1.82) is 0 Å². The van der Waals surface area contributed by atoms with Crippen molar-refractivity contribution in [2.75, 3.05) is 13.2 Å². The lowest BCUT2D eigenvalue weighted by Crippen LogP contribution is -2.17. The molecule has 0 heterocycles. The van der Waals surface area contributed by atoms with Crippen molar-refractivity contribution in [2.45, 2.75) is 59.4 Å². The van der Waals surface area contributed by atoms with E-state index in [1.165, 1.54) is 29.5 Å². The molecule has 0 aliphatic heterocycles. The van der Waals surface area contributed by atoms with Crippen molar-refractivity contribution in [2.24, 2.45) is 5.92 Å². The first-order valence-electron chi connectivity index (χ1n) is 10.7. The Balaban J connectivity index is 1.67. The van der Waals surface area contributed by atoms with E-state index >= 15 is 0 Å². The van der Waals surface area contributed by atoms with Gasteiger partial charge in [0.15, 0.2) is 0 Å². The summed E-state index contributed by atoms with van der Waals surface area (Å²) in [6.45, 7) is 8.51. The average Bonchev–Trinajstić information content (AvgIpc) is 2.71. The molecule has 0 aliphatic rings. The van der Waals surface area contributed by atoms with E-state index in [4.69, 9.17) is 9.84 Å². The molecule has 2 N–H and O–H groups in total. The Morgan fingerprint density at radius 3 is 2.45 bits per heavy atom. The first-order chi connectivity index (χ1) is 14.0. The van der Waals surface area contributed by atoms with Crippen LogP contribution in [0.2, 0.25) is 0 Å². The van der Waals surface area contributed by atoms with Crippen molar-refractivity contribution in [3.05, 3.63) is 64.7 Å². The Hall–Kier alpha value is -2.33. The van der Waals surface area contributed by atoms with Gasteiger partial charge in [0.25, 0.3) is 0 Å². The van der Waals surface area contributed by atoms with Gasteiger partial charge >= 0.3 is 5.97 Å². The first-order valence-corrected chi connectivity index (χ1v) is 10.7. The van der Waals surface area contributed by atoms with E-state index in [2.05, 4.69) is 44.3 Å². The van der Waals surface area contributed by atoms with Crippen LogP contribution in [-0.2, 0) is 17.8 Å². The van der Waals surface area contributed by atoms with Crippen LogP contribution in [0, 0.1) is 19.8 Å². The molecule has 0 saturated carbocycles. The molecule has 0 spiro atoms. The van der Waals surface area contributed by atoms with E-state index in [1.807, 2.05) is 24.3 Å². The van der Waals surface area contributed by atoms with Gasteiger partial charge in [-0.1, -0.05) is 43.7 Å². The van der Waals surface area contributed by atoms with Crippen LogP contribution in [0.5, 0.6) is 5.75 Å². The van der Waals surface area contributed by atoms with Crippen LogP contribution in [-0.4, -0.2) is 24.2 Å². The maximum absolute atomic E-state index is 10.5. The summed E-state index contributed by atoms with van der Waals surface area (Å²) >= 11 is 0. The number of aryl methyl sites for hydroxylation is 2. The van der Waals surface area contributed by atoms with Crippen LogP contribution >= 0.6 is 0 Å². The number of carboxylic acids is 1. The third-order valence-electron chi connectivity index (χ3n) is 5.47. The van der Waals surface area contributed by atoms with Gasteiger partial charge in [-0.15, -0.1) is 0 Å². The molecule has 4 nitrogen and oxygen atoms in total. The molecule has 2 rings (SSSR count). The minimum Gasteiger partial charge on any atom is -0.494 e. The van der Waals surface area contributed by atoms with Gasteiger partial charge in [-0.3, -0.25) is 4.79 Å². The molecule has 0 aliphatic carbocycles. The van der Waals surface area contributed by atoms with Gasteiger partial charge < -0.3 is 15.2 Å². The van der Waals surface area contributed by atoms with Crippen LogP contribution in [0.3, 0.4) is 0 Å². The largest absolute Gasteiger partial charge is 0.494 e. The second-order valence-corrected chi connectivity index (χ2v) is 7.85. The Bertz CT molecular complexity index is 755. The molecule has 2 aromatic rings. The van der Waals surface area contributed by atoms with Gasteiger partial charge in [-0.25, -0.2) is 0 Å². The average molecular weight is 398 g/mol. The standard InChI is InChI=1S/C25H35NO3/c1-4-21(17-23-8-7-19(2)20(3)16-23)6-5-15-29-24-11-9-22(10-12-24)18-26-14-13-25(27)28/h7-12,16,21,26H,4-6,13-15,17-18H2,1-3H3,(H,27,28)/t21-/m0/s1. The van der Waals surface area contributed by atoms with Crippen LogP contribution < -0.4 is 10.1 Å². The molecule has 0 bridgehead atoms. The van der Waals surface area contributed by atoms with E-state index in [0.717, 1.165) is 30.8 Å². The van der Waals surface area contributed by atoms with Crippen molar-refractivity contribution < 1.29 is 14.6 Å². The molecule has 0 unspecified atom stereocenters. The molecular weight excluding hydrogens is 362 g/mol. The quantitative estimate of drug-likeness (QED) is 0.451. The molecule has 2 aromatic carbocycles. The second kappa shape index (κ2) is 12.3. The third-order valence-corrected chi connectivity index (χ3v) is 5.47. The summed E-state index contributed by atoms with van der Waals surface area (Å²) < 4.78 is 5.90. The summed E-state index contributed by atoms with van der Waals surface area (Å²) in [5.74, 6) is 0.807. The minimum absolute atomic E-state index is 0.142. The van der Waals surface area contributed by atoms with E-state index in [-0.39, 0.29) is 6.42 Å². The lowest BCUT2D eigenvalue weighted by atomic mass is 9.91. The fraction of sp³-hybridized carbons (Fsp3) is 0.480. The lowest BCUT2D eigenvalue weighted by molar-refractivity contribution is -0.136. The highest BCUT2D eigenvalue weighted by Crippen LogP contribution is 2.20. The van der Waals surface area contributed by atoms with Crippen LogP contribution in [0.15, 0.2) is 42.5 Å². The van der Waals surface area contributed by atoms with Gasteiger partial charge in [-0.05, 0) is 73.4 Å². The van der Waals surface area contributed by atoms with E-state index in [9.17, 15) is 4.79 Å². The molecule has 0 aromatic heterocycles. The number of carbonyl (C=O) groups is 1. The normalized spacial score (nSPS) is 12.0. The highest BCUT2D eigenvalue weighted by atomic mass is 16.5. The number of carboxylic acid groups (broad SMARTS) is 1. The summed E-state index contributed by atoms with van der Waals surface area (Å²) in [6, 6.07) is 14.8. The van der Waals surface area contributed by atoms with Crippen molar-refractivity contribution in [1.82, 2.24) is 5.32 Å². The first kappa shape index (κ1) is 23.0. The SMILES string of the molecule is CC[C@@H](CCCOc1ccc(CNCCC(=O)O)cc1)Cc1ccc(C)c(C)c1. The minimum atomic E-state index is -0.777. The molecule has 0 radical (unpaired) electrons. The number of nitrogens with one attached hydrogen (secondary N) is 1. The summed E-state index contributed by atoms with van der Waals surface area (Å²) in [5.41, 5.74) is 5.30. The Kier molecular flexibility index (Phi) is 9.72.